The van der Waals surface area contributed by atoms with Crippen LogP contribution in [0, 0.1) is 0 Å². The first-order valence-electron chi connectivity index (χ1n) is 13.9. The second kappa shape index (κ2) is 22.0. The average Bonchev–Trinajstić information content (AvgIpc) is 3.46. The molecule has 0 aromatic heterocycles. The molecule has 1 rings (SSSR count). The molecule has 1 aliphatic heterocycles. The van der Waals surface area contributed by atoms with Gasteiger partial charge in [0.05, 0.1) is 58.8 Å². The molecule has 1 fully saturated rings. The van der Waals surface area contributed by atoms with E-state index in [-0.39, 0.29) is 76.9 Å². The van der Waals surface area contributed by atoms with Crippen molar-refractivity contribution >= 4 is 37.1 Å². The average molecular weight is 624 g/mol. The third-order valence-corrected chi connectivity index (χ3v) is 7.35. The second-order valence-electron chi connectivity index (χ2n) is 9.39. The van der Waals surface area contributed by atoms with Crippen LogP contribution in [0.15, 0.2) is 0 Å². The zero-order valence-electron chi connectivity index (χ0n) is 24.8. The number of nitrogens with zero attached hydrogens (tertiary/aromatic N) is 1. The Balaban J connectivity index is 1.95. The lowest BCUT2D eigenvalue weighted by atomic mass is 10.1. The monoisotopic (exact) mass is 623 g/mol. The first-order valence-corrected chi connectivity index (χ1v) is 15.9. The molecule has 1 heterocycles. The number of likely N-dealkylation sites (tertiary alicyclic amines) is 1. The highest BCUT2D eigenvalue weighted by Crippen LogP contribution is 2.42. The Bertz CT molecular complexity index is 908. The first kappa shape index (κ1) is 37.4. The second-order valence-corrected chi connectivity index (χ2v) is 11.6. The molecule has 0 aliphatic carbocycles. The van der Waals surface area contributed by atoms with Crippen molar-refractivity contribution in [1.82, 2.24) is 26.2 Å². The molecule has 0 radical (unpaired) electrons. The summed E-state index contributed by atoms with van der Waals surface area (Å²) in [6.07, 6.45) is 2.55. The van der Waals surface area contributed by atoms with Crippen molar-refractivity contribution in [3.8, 4) is 0 Å². The molecule has 0 spiro atoms. The number of hydrogen-bond acceptors (Lipinski definition) is 11. The van der Waals surface area contributed by atoms with Crippen LogP contribution in [0.3, 0.4) is 0 Å². The summed E-state index contributed by atoms with van der Waals surface area (Å²) >= 11 is 0. The van der Waals surface area contributed by atoms with Gasteiger partial charge in [0.2, 0.25) is 29.5 Å². The van der Waals surface area contributed by atoms with E-state index in [0.717, 1.165) is 6.42 Å². The third kappa shape index (κ3) is 18.7. The lowest BCUT2D eigenvalue weighted by Crippen LogP contribution is -2.44. The highest BCUT2D eigenvalue weighted by atomic mass is 31.2. The van der Waals surface area contributed by atoms with E-state index in [2.05, 4.69) is 25.8 Å². The van der Waals surface area contributed by atoms with Crippen LogP contribution in [0.4, 0.5) is 0 Å². The van der Waals surface area contributed by atoms with Crippen LogP contribution in [0.25, 0.3) is 0 Å². The number of nitrogens with one attached hydrogen (secondary N) is 4. The number of ether oxygens (including phenoxy) is 3. The van der Waals surface area contributed by atoms with Crippen LogP contribution < -0.4 is 21.3 Å². The van der Waals surface area contributed by atoms with Crippen LogP contribution in [-0.2, 0) is 51.8 Å². The molecule has 2 unspecified atom stereocenters. The van der Waals surface area contributed by atoms with Crippen LogP contribution in [0.1, 0.15) is 32.1 Å². The number of unbranched alkanes of at least 4 members (excludes halogenated alkanes) is 1. The van der Waals surface area contributed by atoms with Crippen molar-refractivity contribution in [2.24, 2.45) is 0 Å². The number of hydrogen-bond donors (Lipinski definition) is 4. The summed E-state index contributed by atoms with van der Waals surface area (Å²) < 4.78 is 37.0. The van der Waals surface area contributed by atoms with Gasteiger partial charge in [-0.1, -0.05) is 0 Å². The Labute approximate surface area is 246 Å². The molecule has 0 aromatic rings. The summed E-state index contributed by atoms with van der Waals surface area (Å²) in [5.41, 5.74) is 0. The fourth-order valence-corrected chi connectivity index (χ4v) is 4.09. The summed E-state index contributed by atoms with van der Waals surface area (Å²) in [5, 5.41) is 9.78. The minimum absolute atomic E-state index is 0.0510. The maximum atomic E-state index is 12.2. The Hall–Kier alpha value is -2.62. The van der Waals surface area contributed by atoms with E-state index >= 15 is 0 Å². The van der Waals surface area contributed by atoms with Crippen molar-refractivity contribution in [3.63, 3.8) is 0 Å². The molecule has 242 valence electrons. The van der Waals surface area contributed by atoms with E-state index in [4.69, 9.17) is 18.7 Å². The fraction of sp³-hybridized carbons (Fsp3) is 0.800. The van der Waals surface area contributed by atoms with Crippen LogP contribution >= 0.6 is 7.60 Å². The van der Waals surface area contributed by atoms with Gasteiger partial charge in [-0.05, 0) is 19.3 Å². The number of rotatable bonds is 23. The first-order chi connectivity index (χ1) is 20.1. The molecule has 16 nitrogen and oxygen atoms in total. The minimum Gasteiger partial charge on any atom is -0.380 e. The molecule has 0 saturated carbocycles. The molecule has 1 saturated heterocycles. The molecule has 0 bridgehead atoms. The van der Waals surface area contributed by atoms with Crippen molar-refractivity contribution in [2.45, 2.75) is 38.2 Å². The molecule has 0 aromatic carbocycles. The Morgan fingerprint density at radius 3 is 1.90 bits per heavy atom. The van der Waals surface area contributed by atoms with Crippen molar-refractivity contribution in [1.29, 1.82) is 0 Å². The van der Waals surface area contributed by atoms with Crippen LogP contribution in [-0.4, -0.2) is 134 Å². The van der Waals surface area contributed by atoms with Gasteiger partial charge in [-0.2, -0.15) is 0 Å². The predicted octanol–water partition coefficient (Wildman–Crippen LogP) is -1.22. The molecule has 4 N–H and O–H groups in total. The SMILES string of the molecule is COC1CCN(C(=O)CCCCC(=O)NCC(=O)NCC(=O)NCC(=O)NCCOCCOCCOP(C)(=O)OC)C1. The highest BCUT2D eigenvalue weighted by Gasteiger charge is 2.25. The quantitative estimate of drug-likeness (QED) is 0.0785. The summed E-state index contributed by atoms with van der Waals surface area (Å²) in [6, 6.07) is 0. The van der Waals surface area contributed by atoms with Gasteiger partial charge in [-0.15, -0.1) is 0 Å². The Morgan fingerprint density at radius 1 is 0.762 bits per heavy atom. The van der Waals surface area contributed by atoms with Crippen molar-refractivity contribution in [3.05, 3.63) is 0 Å². The largest absolute Gasteiger partial charge is 0.380 e. The smallest absolute Gasteiger partial charge is 0.327 e. The van der Waals surface area contributed by atoms with Crippen LogP contribution in [0.5, 0.6) is 0 Å². The van der Waals surface area contributed by atoms with Gasteiger partial charge < -0.3 is 49.4 Å². The van der Waals surface area contributed by atoms with E-state index in [1.807, 2.05) is 0 Å². The standard InChI is InChI=1S/C25H46N5O11P/c1-37-20-8-10-30(19-20)25(35)7-5-4-6-21(31)27-17-23(33)29-18-24(34)28-16-22(32)26-9-11-39-12-13-40-14-15-41-42(3,36)38-2/h20H,4-19H2,1-3H3,(H,26,32)(H,27,31)(H,28,34)(H,29,33). The van der Waals surface area contributed by atoms with E-state index < -0.39 is 25.3 Å². The summed E-state index contributed by atoms with van der Waals surface area (Å²) in [6.45, 7) is 3.15. The molecular weight excluding hydrogens is 577 g/mol. The van der Waals surface area contributed by atoms with Crippen LogP contribution in [0.2, 0.25) is 0 Å². The number of methoxy groups -OCH3 is 1. The van der Waals surface area contributed by atoms with Crippen molar-refractivity contribution in [2.75, 3.05) is 93.2 Å². The third-order valence-electron chi connectivity index (χ3n) is 6.04. The maximum Gasteiger partial charge on any atom is 0.327 e. The van der Waals surface area contributed by atoms with Gasteiger partial charge >= 0.3 is 7.60 Å². The molecule has 1 aliphatic rings. The van der Waals surface area contributed by atoms with Gasteiger partial charge in [-0.3, -0.25) is 28.5 Å². The number of carbonyl (C=O) groups excluding carboxylic acids is 5. The molecule has 2 atom stereocenters. The lowest BCUT2D eigenvalue weighted by molar-refractivity contribution is -0.131. The maximum absolute atomic E-state index is 12.2. The van der Waals surface area contributed by atoms with E-state index in [1.165, 1.54) is 13.8 Å². The highest BCUT2D eigenvalue weighted by molar-refractivity contribution is 7.52. The molecule has 42 heavy (non-hydrogen) atoms. The lowest BCUT2D eigenvalue weighted by Gasteiger charge is -2.15. The zero-order chi connectivity index (χ0) is 31.2. The topological polar surface area (TPSA) is 200 Å². The van der Waals surface area contributed by atoms with Gasteiger partial charge in [0.15, 0.2) is 0 Å². The number of carbonyl (C=O) groups is 5. The predicted molar refractivity (Wildman–Crippen MR) is 151 cm³/mol. The summed E-state index contributed by atoms with van der Waals surface area (Å²) in [4.78, 5) is 61.4. The molecular formula is C25H46N5O11P. The van der Waals surface area contributed by atoms with Gasteiger partial charge in [0.1, 0.15) is 0 Å². The normalized spacial score (nSPS) is 16.0. The Morgan fingerprint density at radius 2 is 1.31 bits per heavy atom. The van der Waals surface area contributed by atoms with Gasteiger partial charge in [0.25, 0.3) is 0 Å². The fourth-order valence-electron chi connectivity index (χ4n) is 3.58. The van der Waals surface area contributed by atoms with E-state index in [0.29, 0.717) is 39.0 Å². The van der Waals surface area contributed by atoms with Gasteiger partial charge in [0, 0.05) is 53.4 Å². The van der Waals surface area contributed by atoms with E-state index in [1.54, 1.807) is 12.0 Å². The van der Waals surface area contributed by atoms with E-state index in [9.17, 15) is 28.5 Å². The molecule has 17 heteroatoms. The summed E-state index contributed by atoms with van der Waals surface area (Å²) in [5.74, 6) is -1.81. The minimum atomic E-state index is -3.01. The zero-order valence-corrected chi connectivity index (χ0v) is 25.7. The Kier molecular flexibility index (Phi) is 19.6. The van der Waals surface area contributed by atoms with Crippen molar-refractivity contribution < 1.29 is 51.8 Å². The summed E-state index contributed by atoms with van der Waals surface area (Å²) in [7, 11) is -0.0757. The molecule has 5 amide bonds. The number of amides is 5. The van der Waals surface area contributed by atoms with Gasteiger partial charge in [-0.25, -0.2) is 0 Å².